The molecule has 0 aliphatic heterocycles. The molecule has 0 heterocycles. The van der Waals surface area contributed by atoms with Gasteiger partial charge >= 0.3 is 0 Å². The summed E-state index contributed by atoms with van der Waals surface area (Å²) in [6.45, 7) is 4.34. The van der Waals surface area contributed by atoms with Gasteiger partial charge in [-0.1, -0.05) is 33.1 Å². The van der Waals surface area contributed by atoms with E-state index in [0.717, 1.165) is 12.5 Å². The fourth-order valence-electron chi connectivity index (χ4n) is 2.07. The smallest absolute Gasteiger partial charge is 0.295 e. The van der Waals surface area contributed by atoms with Gasteiger partial charge in [0.2, 0.25) is 0 Å². The molecule has 1 atom stereocenters. The lowest BCUT2D eigenvalue weighted by Gasteiger charge is -2.15. The summed E-state index contributed by atoms with van der Waals surface area (Å²) in [5.41, 5.74) is 0.159. The molecule has 0 fully saturated rings. The van der Waals surface area contributed by atoms with E-state index in [1.54, 1.807) is 11.8 Å². The first-order valence-electron chi connectivity index (χ1n) is 7.37. The van der Waals surface area contributed by atoms with Crippen molar-refractivity contribution < 1.29 is 9.31 Å². The Balaban J connectivity index is 2.49. The van der Waals surface area contributed by atoms with Crippen LogP contribution in [0.1, 0.15) is 46.0 Å². The number of nitrogens with zero attached hydrogens (tertiary/aromatic N) is 1. The zero-order valence-corrected chi connectivity index (χ0v) is 13.4. The van der Waals surface area contributed by atoms with Gasteiger partial charge in [-0.25, -0.2) is 4.39 Å². The number of hydrogen-bond donors (Lipinski definition) is 1. The van der Waals surface area contributed by atoms with Crippen molar-refractivity contribution in [1.82, 2.24) is 0 Å². The maximum atomic E-state index is 13.0. The number of unbranched alkanes of at least 4 members (excludes halogenated alkanes) is 2. The summed E-state index contributed by atoms with van der Waals surface area (Å²) in [5.74, 6) is 0.00259. The first kappa shape index (κ1) is 17.8. The first-order chi connectivity index (χ1) is 10.1. The van der Waals surface area contributed by atoms with Crippen LogP contribution >= 0.6 is 11.8 Å². The number of nitrogens with one attached hydrogen (secondary N) is 1. The Morgan fingerprint density at radius 2 is 2.14 bits per heavy atom. The van der Waals surface area contributed by atoms with Crippen LogP contribution in [0.2, 0.25) is 0 Å². The number of benzene rings is 1. The van der Waals surface area contributed by atoms with Crippen LogP contribution in [0.3, 0.4) is 0 Å². The van der Waals surface area contributed by atoms with Gasteiger partial charge in [0.25, 0.3) is 5.69 Å². The third-order valence-corrected chi connectivity index (χ3v) is 4.67. The van der Waals surface area contributed by atoms with Gasteiger partial charge in [-0.3, -0.25) is 10.1 Å². The van der Waals surface area contributed by atoms with Gasteiger partial charge in [-0.15, -0.1) is 11.8 Å². The van der Waals surface area contributed by atoms with E-state index in [1.165, 1.54) is 37.8 Å². The Morgan fingerprint density at radius 3 is 2.76 bits per heavy atom. The minimum Gasteiger partial charge on any atom is -0.370 e. The van der Waals surface area contributed by atoms with E-state index >= 15 is 0 Å². The quantitative estimate of drug-likeness (QED) is 0.279. The second-order valence-corrected chi connectivity index (χ2v) is 6.22. The van der Waals surface area contributed by atoms with Gasteiger partial charge in [-0.2, -0.15) is 0 Å². The Labute approximate surface area is 129 Å². The highest BCUT2D eigenvalue weighted by Crippen LogP contribution is 2.27. The molecule has 21 heavy (non-hydrogen) atoms. The number of thioether (sulfide) groups is 1. The normalized spacial score (nSPS) is 12.1. The molecule has 6 heteroatoms. The van der Waals surface area contributed by atoms with Crippen molar-refractivity contribution in [3.8, 4) is 0 Å². The minimum atomic E-state index is -0.592. The zero-order chi connectivity index (χ0) is 15.7. The summed E-state index contributed by atoms with van der Waals surface area (Å²) < 4.78 is 13.0. The Hall–Kier alpha value is -1.30. The lowest BCUT2D eigenvalue weighted by Crippen LogP contribution is -2.08. The fraction of sp³-hybridized carbons (Fsp3) is 0.600. The number of rotatable bonds is 10. The molecule has 0 amide bonds. The van der Waals surface area contributed by atoms with Crippen LogP contribution in [0, 0.1) is 15.9 Å². The van der Waals surface area contributed by atoms with Crippen molar-refractivity contribution >= 4 is 23.1 Å². The average molecular weight is 314 g/mol. The van der Waals surface area contributed by atoms with E-state index in [-0.39, 0.29) is 5.69 Å². The number of halogens is 1. The summed E-state index contributed by atoms with van der Waals surface area (Å²) in [4.78, 5) is 10.3. The number of hydrogen-bond acceptors (Lipinski definition) is 4. The molecule has 0 spiro atoms. The van der Waals surface area contributed by atoms with Crippen LogP contribution in [0.4, 0.5) is 15.8 Å². The second kappa shape index (κ2) is 9.60. The largest absolute Gasteiger partial charge is 0.370 e. The first-order valence-corrected chi connectivity index (χ1v) is 8.42. The molecule has 1 N–H and O–H groups in total. The average Bonchev–Trinajstić information content (AvgIpc) is 2.47. The number of nitro groups is 1. The molecule has 0 saturated heterocycles. The topological polar surface area (TPSA) is 55.2 Å². The molecular weight excluding hydrogens is 291 g/mol. The van der Waals surface area contributed by atoms with Gasteiger partial charge in [0.05, 0.1) is 16.9 Å². The van der Waals surface area contributed by atoms with E-state index in [0.29, 0.717) is 16.8 Å². The van der Waals surface area contributed by atoms with E-state index in [9.17, 15) is 14.5 Å². The summed E-state index contributed by atoms with van der Waals surface area (Å²) in [6, 6.07) is 3.61. The van der Waals surface area contributed by atoms with Gasteiger partial charge in [0.15, 0.2) is 0 Å². The maximum Gasteiger partial charge on any atom is 0.295 e. The summed E-state index contributed by atoms with van der Waals surface area (Å²) >= 11 is 1.76. The van der Waals surface area contributed by atoms with Crippen molar-refractivity contribution in [3.63, 3.8) is 0 Å². The van der Waals surface area contributed by atoms with Gasteiger partial charge < -0.3 is 5.32 Å². The number of anilines is 1. The van der Waals surface area contributed by atoms with Crippen molar-refractivity contribution in [2.45, 2.75) is 51.2 Å². The SMILES string of the molecule is CCCCC[C@H](CC)SCNc1ccc(F)cc1[N+](=O)[O-]. The predicted octanol–water partition coefficient (Wildman–Crippen LogP) is 5.20. The minimum absolute atomic E-state index is 0.213. The molecule has 0 aliphatic carbocycles. The standard InChI is InChI=1S/C15H23FN2O2S/c1-3-5-6-7-13(4-2)21-11-17-14-9-8-12(16)10-15(14)18(19)20/h8-10,13,17H,3-7,11H2,1-2H3/t13-/m0/s1. The molecule has 1 rings (SSSR count). The Morgan fingerprint density at radius 1 is 1.38 bits per heavy atom. The van der Waals surface area contributed by atoms with E-state index in [4.69, 9.17) is 0 Å². The van der Waals surface area contributed by atoms with Crippen LogP contribution in [-0.4, -0.2) is 16.1 Å². The van der Waals surface area contributed by atoms with E-state index < -0.39 is 10.7 Å². The highest BCUT2D eigenvalue weighted by Gasteiger charge is 2.15. The van der Waals surface area contributed by atoms with Crippen LogP contribution in [0.15, 0.2) is 18.2 Å². The molecule has 118 valence electrons. The molecule has 0 unspecified atom stereocenters. The monoisotopic (exact) mass is 314 g/mol. The van der Waals surface area contributed by atoms with E-state index in [2.05, 4.69) is 19.2 Å². The van der Waals surface area contributed by atoms with Crippen LogP contribution < -0.4 is 5.32 Å². The van der Waals surface area contributed by atoms with Crippen molar-refractivity contribution in [1.29, 1.82) is 0 Å². The van der Waals surface area contributed by atoms with Crippen molar-refractivity contribution in [2.75, 3.05) is 11.2 Å². The fourth-order valence-corrected chi connectivity index (χ4v) is 3.11. The zero-order valence-electron chi connectivity index (χ0n) is 12.6. The molecule has 4 nitrogen and oxygen atoms in total. The molecule has 0 saturated carbocycles. The highest BCUT2D eigenvalue weighted by atomic mass is 32.2. The molecule has 0 aromatic heterocycles. The summed E-state index contributed by atoms with van der Waals surface area (Å²) in [5, 5.41) is 14.5. The highest BCUT2D eigenvalue weighted by molar-refractivity contribution is 7.99. The lowest BCUT2D eigenvalue weighted by atomic mass is 10.1. The molecule has 0 radical (unpaired) electrons. The second-order valence-electron chi connectivity index (χ2n) is 4.93. The summed E-state index contributed by atoms with van der Waals surface area (Å²) in [6.07, 6.45) is 5.93. The van der Waals surface area contributed by atoms with E-state index in [1.807, 2.05) is 0 Å². The Kier molecular flexibility index (Phi) is 8.12. The van der Waals surface area contributed by atoms with Crippen LogP contribution in [-0.2, 0) is 0 Å². The van der Waals surface area contributed by atoms with Gasteiger partial charge in [-0.05, 0) is 25.0 Å². The summed E-state index contributed by atoms with van der Waals surface area (Å²) in [7, 11) is 0. The lowest BCUT2D eigenvalue weighted by molar-refractivity contribution is -0.384. The third-order valence-electron chi connectivity index (χ3n) is 3.32. The van der Waals surface area contributed by atoms with Gasteiger partial charge in [0.1, 0.15) is 11.5 Å². The van der Waals surface area contributed by atoms with Crippen LogP contribution in [0.5, 0.6) is 0 Å². The maximum absolute atomic E-state index is 13.0. The molecular formula is C15H23FN2O2S. The van der Waals surface area contributed by atoms with Crippen molar-refractivity contribution in [2.24, 2.45) is 0 Å². The molecule has 0 aliphatic rings. The van der Waals surface area contributed by atoms with Crippen molar-refractivity contribution in [3.05, 3.63) is 34.1 Å². The predicted molar refractivity (Wildman–Crippen MR) is 87.4 cm³/mol. The Bertz CT molecular complexity index is 457. The third kappa shape index (κ3) is 6.33. The molecule has 1 aromatic rings. The molecule has 0 bridgehead atoms. The molecule has 1 aromatic carbocycles. The van der Waals surface area contributed by atoms with Gasteiger partial charge in [0, 0.05) is 5.25 Å². The number of nitro benzene ring substituents is 1. The van der Waals surface area contributed by atoms with Crippen LogP contribution in [0.25, 0.3) is 0 Å².